The van der Waals surface area contributed by atoms with Gasteiger partial charge in [0.15, 0.2) is 0 Å². The number of halogens is 1. The Kier molecular flexibility index (Phi) is 2.21. The number of hydrogen-bond acceptors (Lipinski definition) is 2. The summed E-state index contributed by atoms with van der Waals surface area (Å²) in [5.74, 6) is -0.143. The Labute approximate surface area is 142 Å². The van der Waals surface area contributed by atoms with Crippen LogP contribution in [-0.4, -0.2) is 17.4 Å². The van der Waals surface area contributed by atoms with Gasteiger partial charge in [-0.1, -0.05) is 23.7 Å². The largest absolute Gasteiger partial charge is 0.306 e. The van der Waals surface area contributed by atoms with Crippen LogP contribution in [0.1, 0.15) is 32.3 Å². The minimum Gasteiger partial charge on any atom is -0.306 e. The average molecular weight is 325 g/mol. The fourth-order valence-corrected chi connectivity index (χ4v) is 3.83. The molecule has 0 radical (unpaired) electrons. The van der Waals surface area contributed by atoms with E-state index >= 15 is 0 Å². The Bertz CT molecular complexity index is 966. The third-order valence-electron chi connectivity index (χ3n) is 4.99. The van der Waals surface area contributed by atoms with Crippen molar-refractivity contribution in [3.63, 3.8) is 0 Å². The van der Waals surface area contributed by atoms with Crippen LogP contribution < -0.4 is 4.90 Å². The van der Waals surface area contributed by atoms with E-state index in [2.05, 4.69) is 4.98 Å². The van der Waals surface area contributed by atoms with Crippen LogP contribution in [-0.2, 0) is 16.6 Å². The number of benzene rings is 1. The number of pyridine rings is 1. The minimum atomic E-state index is -1.90. The highest BCUT2D eigenvalue weighted by molar-refractivity contribution is 6.30. The molecule has 2 aromatic rings. The zero-order valence-corrected chi connectivity index (χ0v) is 13.1. The fourth-order valence-electron chi connectivity index (χ4n) is 3.65. The van der Waals surface area contributed by atoms with E-state index in [9.17, 15) is 4.79 Å². The van der Waals surface area contributed by atoms with Crippen molar-refractivity contribution < 1.29 is 7.54 Å². The number of rotatable bonds is 2. The molecule has 1 spiro atoms. The topological polar surface area (TPSA) is 33.2 Å². The van der Waals surface area contributed by atoms with Crippen LogP contribution in [0.4, 0.5) is 5.69 Å². The Balaban J connectivity index is 1.60. The standard InChI is InChI=1S/C19H15ClN2O/c20-15-2-1-13-7-12(8-14(13)9-15)11-22-17-10-21-6-3-16(17)19(4-5-19)18(22)23/h1-3,6,8-10H,4-5,7,11H2/i11D2. The van der Waals surface area contributed by atoms with Crippen molar-refractivity contribution >= 4 is 29.3 Å². The molecule has 0 atom stereocenters. The predicted molar refractivity (Wildman–Crippen MR) is 90.6 cm³/mol. The first-order chi connectivity index (χ1) is 11.9. The van der Waals surface area contributed by atoms with E-state index in [1.54, 1.807) is 12.4 Å². The smallest absolute Gasteiger partial charge is 0.238 e. The van der Waals surface area contributed by atoms with Crippen molar-refractivity contribution in [2.24, 2.45) is 0 Å². The lowest BCUT2D eigenvalue weighted by Crippen LogP contribution is -2.33. The molecule has 1 amide bonds. The Morgan fingerprint density at radius 2 is 2.22 bits per heavy atom. The summed E-state index contributed by atoms with van der Waals surface area (Å²) in [6, 6.07) is 7.42. The number of anilines is 1. The number of hydrogen-bond donors (Lipinski definition) is 0. The zero-order valence-electron chi connectivity index (χ0n) is 14.3. The number of fused-ring (bicyclic) bond motifs is 3. The third kappa shape index (κ3) is 1.83. The van der Waals surface area contributed by atoms with Gasteiger partial charge >= 0.3 is 0 Å². The van der Waals surface area contributed by atoms with Gasteiger partial charge in [-0.25, -0.2) is 0 Å². The monoisotopic (exact) mass is 324 g/mol. The number of aromatic nitrogens is 1. The Hall–Kier alpha value is -2.13. The van der Waals surface area contributed by atoms with E-state index in [-0.39, 0.29) is 5.91 Å². The van der Waals surface area contributed by atoms with Crippen LogP contribution in [0.3, 0.4) is 0 Å². The highest BCUT2D eigenvalue weighted by Gasteiger charge is 2.59. The molecule has 4 heteroatoms. The number of nitrogens with zero attached hydrogens (tertiary/aromatic N) is 2. The molecule has 5 rings (SSSR count). The Morgan fingerprint density at radius 1 is 1.35 bits per heavy atom. The van der Waals surface area contributed by atoms with Crippen LogP contribution >= 0.6 is 11.6 Å². The second-order valence-corrected chi connectivity index (χ2v) is 6.85. The number of amides is 1. The molecule has 23 heavy (non-hydrogen) atoms. The zero-order chi connectivity index (χ0) is 17.4. The molecule has 1 aromatic carbocycles. The molecule has 1 aromatic heterocycles. The summed E-state index contributed by atoms with van der Waals surface area (Å²) in [4.78, 5) is 18.5. The van der Waals surface area contributed by atoms with E-state index in [0.29, 0.717) is 22.7 Å². The van der Waals surface area contributed by atoms with Gasteiger partial charge in [0.2, 0.25) is 5.91 Å². The summed E-state index contributed by atoms with van der Waals surface area (Å²) in [5.41, 5.74) is 3.51. The van der Waals surface area contributed by atoms with Crippen LogP contribution in [0.5, 0.6) is 0 Å². The van der Waals surface area contributed by atoms with Crippen molar-refractivity contribution in [1.82, 2.24) is 4.98 Å². The summed E-state index contributed by atoms with van der Waals surface area (Å²) in [5, 5.41) is 0.625. The van der Waals surface area contributed by atoms with Gasteiger partial charge in [0, 0.05) is 17.7 Å². The molecule has 1 saturated carbocycles. The normalized spacial score (nSPS) is 21.7. The third-order valence-corrected chi connectivity index (χ3v) is 5.23. The summed E-state index contributed by atoms with van der Waals surface area (Å²) >= 11 is 6.05. The molecule has 1 fully saturated rings. The average Bonchev–Trinajstić information content (AvgIpc) is 3.21. The van der Waals surface area contributed by atoms with Crippen LogP contribution in [0, 0.1) is 0 Å². The van der Waals surface area contributed by atoms with Gasteiger partial charge in [-0.05, 0) is 59.7 Å². The lowest BCUT2D eigenvalue weighted by molar-refractivity contribution is -0.120. The summed E-state index contributed by atoms with van der Waals surface area (Å²) in [6.07, 6.45) is 7.15. The molecule has 0 unspecified atom stereocenters. The maximum absolute atomic E-state index is 13.1. The van der Waals surface area contributed by atoms with Crippen molar-refractivity contribution in [2.75, 3.05) is 11.4 Å². The van der Waals surface area contributed by atoms with Gasteiger partial charge < -0.3 is 4.90 Å². The maximum Gasteiger partial charge on any atom is 0.238 e. The van der Waals surface area contributed by atoms with Crippen molar-refractivity contribution in [1.29, 1.82) is 0 Å². The first-order valence-corrected chi connectivity index (χ1v) is 8.10. The Morgan fingerprint density at radius 3 is 3.04 bits per heavy atom. The molecular formula is C19H15ClN2O. The van der Waals surface area contributed by atoms with E-state index in [0.717, 1.165) is 29.5 Å². The minimum absolute atomic E-state index is 0.143. The van der Waals surface area contributed by atoms with Crippen LogP contribution in [0.2, 0.25) is 5.02 Å². The van der Waals surface area contributed by atoms with Crippen LogP contribution in [0.25, 0.3) is 6.08 Å². The molecule has 1 aliphatic heterocycles. The molecule has 114 valence electrons. The predicted octanol–water partition coefficient (Wildman–Crippen LogP) is 3.75. The van der Waals surface area contributed by atoms with Gasteiger partial charge in [-0.15, -0.1) is 0 Å². The number of carbonyl (C=O) groups is 1. The highest BCUT2D eigenvalue weighted by Crippen LogP contribution is 2.57. The van der Waals surface area contributed by atoms with E-state index < -0.39 is 11.9 Å². The summed E-state index contributed by atoms with van der Waals surface area (Å²) in [6.45, 7) is -1.90. The lowest BCUT2D eigenvalue weighted by Gasteiger charge is -2.18. The van der Waals surface area contributed by atoms with Gasteiger partial charge in [0.05, 0.1) is 20.0 Å². The van der Waals surface area contributed by atoms with Gasteiger partial charge in [-0.3, -0.25) is 9.78 Å². The van der Waals surface area contributed by atoms with E-state index in [1.807, 2.05) is 30.3 Å². The molecule has 3 aliphatic rings. The molecule has 0 N–H and O–H groups in total. The lowest BCUT2D eigenvalue weighted by atomic mass is 9.99. The highest BCUT2D eigenvalue weighted by atomic mass is 35.5. The maximum atomic E-state index is 13.1. The fraction of sp³-hybridized carbons (Fsp3) is 0.263. The van der Waals surface area contributed by atoms with Gasteiger partial charge in [-0.2, -0.15) is 0 Å². The first-order valence-electron chi connectivity index (χ1n) is 8.72. The first kappa shape index (κ1) is 11.4. The number of carbonyl (C=O) groups excluding carboxylic acids is 1. The second kappa shape index (κ2) is 4.45. The van der Waals surface area contributed by atoms with E-state index in [1.165, 1.54) is 4.90 Å². The molecule has 3 nitrogen and oxygen atoms in total. The second-order valence-electron chi connectivity index (χ2n) is 6.42. The molecular weight excluding hydrogens is 308 g/mol. The summed E-state index contributed by atoms with van der Waals surface area (Å²) < 4.78 is 17.5. The summed E-state index contributed by atoms with van der Waals surface area (Å²) in [7, 11) is 0. The molecule has 2 heterocycles. The van der Waals surface area contributed by atoms with Crippen molar-refractivity contribution in [3.05, 3.63) is 63.9 Å². The van der Waals surface area contributed by atoms with Gasteiger partial charge in [0.1, 0.15) is 0 Å². The molecule has 2 aliphatic carbocycles. The quantitative estimate of drug-likeness (QED) is 0.843. The van der Waals surface area contributed by atoms with E-state index in [4.69, 9.17) is 14.3 Å². The molecule has 0 saturated heterocycles. The van der Waals surface area contributed by atoms with Crippen molar-refractivity contribution in [2.45, 2.75) is 24.7 Å². The van der Waals surface area contributed by atoms with Crippen LogP contribution in [0.15, 0.2) is 42.2 Å². The van der Waals surface area contributed by atoms with Crippen molar-refractivity contribution in [3.8, 4) is 0 Å². The SMILES string of the molecule is [2H]C([2H])(C1=Cc2cc(Cl)ccc2C1)N1C(=O)C2(CC2)c2ccncc21. The molecule has 0 bridgehead atoms. The van der Waals surface area contributed by atoms with Gasteiger partial charge in [0.25, 0.3) is 0 Å².